The van der Waals surface area contributed by atoms with Gasteiger partial charge in [0.2, 0.25) is 4.77 Å². The first kappa shape index (κ1) is 17.3. The van der Waals surface area contributed by atoms with Crippen molar-refractivity contribution >= 4 is 35.7 Å². The van der Waals surface area contributed by atoms with Gasteiger partial charge in [-0.2, -0.15) is 14.9 Å². The van der Waals surface area contributed by atoms with Gasteiger partial charge in [-0.05, 0) is 48.6 Å². The number of hydrogen-bond donors (Lipinski definition) is 1. The molecule has 0 amide bonds. The molecule has 25 heavy (non-hydrogen) atoms. The van der Waals surface area contributed by atoms with Crippen LogP contribution in [0, 0.1) is 10.6 Å². The topological polar surface area (TPSA) is 49.2 Å². The van der Waals surface area contributed by atoms with Crippen LogP contribution in [0.1, 0.15) is 5.56 Å². The van der Waals surface area contributed by atoms with Crippen molar-refractivity contribution in [2.75, 3.05) is 19.0 Å². The van der Waals surface area contributed by atoms with Gasteiger partial charge in [0.1, 0.15) is 5.82 Å². The Morgan fingerprint density at radius 2 is 1.96 bits per heavy atom. The van der Waals surface area contributed by atoms with E-state index in [4.69, 9.17) is 23.8 Å². The van der Waals surface area contributed by atoms with Crippen LogP contribution >= 0.6 is 23.8 Å². The molecular weight excluding hydrogens is 361 g/mol. The zero-order valence-corrected chi connectivity index (χ0v) is 15.1. The van der Waals surface area contributed by atoms with Crippen LogP contribution in [0.3, 0.4) is 0 Å². The molecule has 0 aliphatic heterocycles. The molecule has 5 nitrogen and oxygen atoms in total. The van der Waals surface area contributed by atoms with Crippen LogP contribution in [0.5, 0.6) is 0 Å². The Balaban J connectivity index is 2.00. The first-order valence-electron chi connectivity index (χ1n) is 7.41. The van der Waals surface area contributed by atoms with E-state index < -0.39 is 5.82 Å². The summed E-state index contributed by atoms with van der Waals surface area (Å²) in [4.78, 5) is 2.00. The second kappa shape index (κ2) is 7.16. The predicted octanol–water partition coefficient (Wildman–Crippen LogP) is 4.35. The molecule has 1 aromatic heterocycles. The molecule has 0 atom stereocenters. The van der Waals surface area contributed by atoms with E-state index in [9.17, 15) is 4.39 Å². The highest BCUT2D eigenvalue weighted by Gasteiger charge is 2.10. The van der Waals surface area contributed by atoms with Crippen molar-refractivity contribution in [1.29, 1.82) is 0 Å². The van der Waals surface area contributed by atoms with Crippen molar-refractivity contribution in [2.45, 2.75) is 0 Å². The van der Waals surface area contributed by atoms with Crippen LogP contribution in [0.15, 0.2) is 47.6 Å². The van der Waals surface area contributed by atoms with Gasteiger partial charge in [0.05, 0.1) is 11.2 Å². The standard InChI is InChI=1S/C17H15ClFN5S/c1-23(2)12-8-6-11(7-9-12)16-21-22-17(25)24(16)20-10-13-14(18)4-3-5-15(13)19/h3-10H,1-2H3,(H,22,25)/b20-10-. The molecule has 3 aromatic rings. The summed E-state index contributed by atoms with van der Waals surface area (Å²) in [6.45, 7) is 0. The highest BCUT2D eigenvalue weighted by atomic mass is 35.5. The van der Waals surface area contributed by atoms with Gasteiger partial charge in [-0.25, -0.2) is 9.49 Å². The minimum atomic E-state index is -0.455. The van der Waals surface area contributed by atoms with Crippen molar-refractivity contribution in [3.05, 3.63) is 63.6 Å². The summed E-state index contributed by atoms with van der Waals surface area (Å²) in [5.41, 5.74) is 2.09. The molecule has 0 aliphatic carbocycles. The minimum Gasteiger partial charge on any atom is -0.378 e. The monoisotopic (exact) mass is 375 g/mol. The predicted molar refractivity (Wildman–Crippen MR) is 102 cm³/mol. The quantitative estimate of drug-likeness (QED) is 0.545. The number of nitrogens with one attached hydrogen (secondary N) is 1. The molecule has 0 spiro atoms. The van der Waals surface area contributed by atoms with Gasteiger partial charge < -0.3 is 4.90 Å². The number of H-pyrrole nitrogens is 1. The highest BCUT2D eigenvalue weighted by Crippen LogP contribution is 2.22. The number of aromatic nitrogens is 3. The number of halogens is 2. The van der Waals surface area contributed by atoms with E-state index in [1.807, 2.05) is 43.3 Å². The molecule has 3 rings (SSSR count). The Hall–Kier alpha value is -2.51. The Bertz CT molecular complexity index is 955. The van der Waals surface area contributed by atoms with Crippen LogP contribution in [-0.2, 0) is 0 Å². The average molecular weight is 376 g/mol. The van der Waals surface area contributed by atoms with Gasteiger partial charge in [0, 0.05) is 30.9 Å². The fraction of sp³-hybridized carbons (Fsp3) is 0.118. The van der Waals surface area contributed by atoms with Crippen molar-refractivity contribution in [1.82, 2.24) is 14.9 Å². The van der Waals surface area contributed by atoms with Gasteiger partial charge in [-0.1, -0.05) is 17.7 Å². The molecule has 1 heterocycles. The van der Waals surface area contributed by atoms with Crippen molar-refractivity contribution in [3.63, 3.8) is 0 Å². The van der Waals surface area contributed by atoms with Crippen LogP contribution in [-0.4, -0.2) is 35.2 Å². The Kier molecular flexibility index (Phi) is 4.96. The van der Waals surface area contributed by atoms with E-state index in [1.165, 1.54) is 23.0 Å². The van der Waals surface area contributed by atoms with Gasteiger partial charge in [0.25, 0.3) is 0 Å². The molecule has 0 radical (unpaired) electrons. The maximum atomic E-state index is 13.9. The Morgan fingerprint density at radius 1 is 1.24 bits per heavy atom. The van der Waals surface area contributed by atoms with E-state index in [2.05, 4.69) is 15.3 Å². The fourth-order valence-electron chi connectivity index (χ4n) is 2.24. The normalized spacial score (nSPS) is 11.2. The Labute approximate surface area is 154 Å². The van der Waals surface area contributed by atoms with Crippen LogP contribution < -0.4 is 4.90 Å². The molecule has 2 aromatic carbocycles. The van der Waals surface area contributed by atoms with Crippen molar-refractivity contribution in [2.24, 2.45) is 5.10 Å². The van der Waals surface area contributed by atoms with E-state index in [-0.39, 0.29) is 10.6 Å². The molecule has 0 fully saturated rings. The average Bonchev–Trinajstić information content (AvgIpc) is 2.95. The van der Waals surface area contributed by atoms with Gasteiger partial charge in [-0.3, -0.25) is 0 Å². The van der Waals surface area contributed by atoms with E-state index in [0.29, 0.717) is 10.6 Å². The van der Waals surface area contributed by atoms with Gasteiger partial charge in [-0.15, -0.1) is 0 Å². The van der Waals surface area contributed by atoms with Crippen LogP contribution in [0.25, 0.3) is 11.4 Å². The number of hydrogen-bond acceptors (Lipinski definition) is 4. The molecule has 0 saturated carbocycles. The lowest BCUT2D eigenvalue weighted by Gasteiger charge is -2.12. The van der Waals surface area contributed by atoms with E-state index in [0.717, 1.165) is 11.3 Å². The number of nitrogens with zero attached hydrogens (tertiary/aromatic N) is 4. The number of aromatic amines is 1. The number of rotatable bonds is 4. The van der Waals surface area contributed by atoms with Gasteiger partial charge in [0.15, 0.2) is 5.82 Å². The first-order chi connectivity index (χ1) is 12.0. The summed E-state index contributed by atoms with van der Waals surface area (Å²) in [6, 6.07) is 12.2. The van der Waals surface area contributed by atoms with E-state index in [1.54, 1.807) is 6.07 Å². The smallest absolute Gasteiger partial charge is 0.216 e. The molecule has 1 N–H and O–H groups in total. The van der Waals surface area contributed by atoms with Crippen molar-refractivity contribution < 1.29 is 4.39 Å². The summed E-state index contributed by atoms with van der Waals surface area (Å²) in [5.74, 6) is 0.0715. The summed E-state index contributed by atoms with van der Waals surface area (Å²) < 4.78 is 15.6. The van der Waals surface area contributed by atoms with E-state index >= 15 is 0 Å². The molecule has 128 valence electrons. The highest BCUT2D eigenvalue weighted by molar-refractivity contribution is 7.71. The van der Waals surface area contributed by atoms with Crippen molar-refractivity contribution in [3.8, 4) is 11.4 Å². The molecule has 0 saturated heterocycles. The zero-order chi connectivity index (χ0) is 18.0. The maximum Gasteiger partial charge on any atom is 0.216 e. The fourth-order valence-corrected chi connectivity index (χ4v) is 2.63. The number of anilines is 1. The van der Waals surface area contributed by atoms with Gasteiger partial charge >= 0.3 is 0 Å². The second-order valence-corrected chi connectivity index (χ2v) is 6.28. The Morgan fingerprint density at radius 3 is 2.60 bits per heavy atom. The molecule has 0 unspecified atom stereocenters. The lowest BCUT2D eigenvalue weighted by atomic mass is 10.2. The summed E-state index contributed by atoms with van der Waals surface area (Å²) in [5, 5.41) is 11.4. The zero-order valence-electron chi connectivity index (χ0n) is 13.6. The SMILES string of the molecule is CN(C)c1ccc(-c2n[nH]c(=S)n2/N=C\c2c(F)cccc2Cl)cc1. The third-order valence-corrected chi connectivity index (χ3v) is 4.19. The lowest BCUT2D eigenvalue weighted by Crippen LogP contribution is -2.08. The molecule has 0 bridgehead atoms. The second-order valence-electron chi connectivity index (χ2n) is 5.49. The van der Waals surface area contributed by atoms with Crippen LogP contribution in [0.2, 0.25) is 5.02 Å². The largest absolute Gasteiger partial charge is 0.378 e. The lowest BCUT2D eigenvalue weighted by molar-refractivity contribution is 0.625. The molecule has 0 aliphatic rings. The summed E-state index contributed by atoms with van der Waals surface area (Å²) >= 11 is 11.2. The third-order valence-electron chi connectivity index (χ3n) is 3.59. The third kappa shape index (κ3) is 3.62. The summed E-state index contributed by atoms with van der Waals surface area (Å²) in [7, 11) is 3.93. The summed E-state index contributed by atoms with van der Waals surface area (Å²) in [6.07, 6.45) is 1.33. The maximum absolute atomic E-state index is 13.9. The molecule has 8 heteroatoms. The molecular formula is C17H15ClFN5S. The van der Waals surface area contributed by atoms with Crippen LogP contribution in [0.4, 0.5) is 10.1 Å². The minimum absolute atomic E-state index is 0.196. The number of benzene rings is 2. The first-order valence-corrected chi connectivity index (χ1v) is 8.19.